The number of nitrogens with one attached hydrogen (secondary N) is 1. The Balaban J connectivity index is 1.87. The fourth-order valence-electron chi connectivity index (χ4n) is 4.08. The summed E-state index contributed by atoms with van der Waals surface area (Å²) in [5.74, 6) is -1.09. The number of carbonyl (C=O) groups excluding carboxylic acids is 2. The molecule has 0 atom stereocenters. The van der Waals surface area contributed by atoms with Crippen LogP contribution < -0.4 is 21.5 Å². The van der Waals surface area contributed by atoms with Gasteiger partial charge < -0.3 is 10.2 Å². The van der Waals surface area contributed by atoms with E-state index in [2.05, 4.69) is 10.4 Å². The zero-order chi connectivity index (χ0) is 27.0. The van der Waals surface area contributed by atoms with Crippen LogP contribution in [0.5, 0.6) is 0 Å². The molecule has 4 rings (SSSR count). The van der Waals surface area contributed by atoms with Crippen LogP contribution >= 0.6 is 0 Å². The second-order valence-corrected chi connectivity index (χ2v) is 9.67. The second-order valence-electron chi connectivity index (χ2n) is 9.67. The maximum atomic E-state index is 13.5. The van der Waals surface area contributed by atoms with Crippen LogP contribution in [0.15, 0.2) is 52.1 Å². The molecule has 0 aliphatic carbocycles. The first-order valence-electron chi connectivity index (χ1n) is 12.0. The van der Waals surface area contributed by atoms with Crippen molar-refractivity contribution >= 4 is 34.2 Å². The Bertz CT molecular complexity index is 1610. The number of anilines is 1. The van der Waals surface area contributed by atoms with Gasteiger partial charge in [-0.05, 0) is 62.2 Å². The van der Waals surface area contributed by atoms with E-state index in [4.69, 9.17) is 0 Å². The van der Waals surface area contributed by atoms with Gasteiger partial charge in [0.2, 0.25) is 11.7 Å². The minimum Gasteiger partial charge on any atom is -0.350 e. The Morgan fingerprint density at radius 3 is 2.35 bits per heavy atom. The number of nitrogens with zero attached hydrogens (tertiary/aromatic N) is 5. The number of hydrogen-bond donors (Lipinski definition) is 1. The zero-order valence-electron chi connectivity index (χ0n) is 21.4. The number of likely N-dealkylation sites (N-methyl/N-ethyl adjacent to an activating group) is 1. The summed E-state index contributed by atoms with van der Waals surface area (Å²) in [4.78, 5) is 53.8. The summed E-state index contributed by atoms with van der Waals surface area (Å²) in [6, 6.07) is 9.84. The first-order chi connectivity index (χ1) is 17.5. The van der Waals surface area contributed by atoms with Crippen molar-refractivity contribution in [3.63, 3.8) is 0 Å². The number of benzene rings is 2. The molecule has 0 radical (unpaired) electrons. The maximum Gasteiger partial charge on any atom is 0.352 e. The third-order valence-electron chi connectivity index (χ3n) is 5.88. The number of fused-ring (bicyclic) bond motifs is 3. The Morgan fingerprint density at radius 1 is 1.05 bits per heavy atom. The van der Waals surface area contributed by atoms with Gasteiger partial charge in [0.05, 0.1) is 10.9 Å². The highest BCUT2D eigenvalue weighted by molar-refractivity contribution is 5.98. The molecular formula is C26H29FN6O4. The van der Waals surface area contributed by atoms with Crippen molar-refractivity contribution in [1.29, 1.82) is 0 Å². The lowest BCUT2D eigenvalue weighted by Gasteiger charge is -2.16. The Morgan fingerprint density at radius 2 is 1.73 bits per heavy atom. The molecule has 0 aliphatic rings. The Labute approximate surface area is 211 Å². The molecule has 11 heteroatoms. The van der Waals surface area contributed by atoms with Crippen molar-refractivity contribution < 1.29 is 14.0 Å². The maximum absolute atomic E-state index is 13.5. The van der Waals surface area contributed by atoms with Gasteiger partial charge in [-0.1, -0.05) is 13.8 Å². The van der Waals surface area contributed by atoms with Gasteiger partial charge in [-0.3, -0.25) is 19.0 Å². The molecule has 2 heterocycles. The normalized spacial score (nSPS) is 11.6. The molecule has 0 aliphatic heterocycles. The van der Waals surface area contributed by atoms with Crippen molar-refractivity contribution in [2.24, 2.45) is 5.92 Å². The summed E-state index contributed by atoms with van der Waals surface area (Å²) in [7, 11) is 1.51. The SMILES string of the molecule is CC(C)Cn1c(=O)c2ccc(C(=O)NC(C)C)cc2n2c(=O)n(CC(=O)N(C)c3ccc(F)cc3)nc12. The molecule has 2 amide bonds. The van der Waals surface area contributed by atoms with E-state index in [9.17, 15) is 23.6 Å². The van der Waals surface area contributed by atoms with Gasteiger partial charge in [-0.25, -0.2) is 18.3 Å². The van der Waals surface area contributed by atoms with Gasteiger partial charge in [0.15, 0.2) is 0 Å². The lowest BCUT2D eigenvalue weighted by molar-refractivity contribution is -0.119. The number of aromatic nitrogens is 4. The molecule has 0 unspecified atom stereocenters. The number of halogens is 1. The third kappa shape index (κ3) is 5.02. The highest BCUT2D eigenvalue weighted by atomic mass is 19.1. The molecule has 4 aromatic rings. The monoisotopic (exact) mass is 508 g/mol. The van der Waals surface area contributed by atoms with Crippen LogP contribution in [0, 0.1) is 11.7 Å². The molecule has 2 aromatic carbocycles. The van der Waals surface area contributed by atoms with E-state index in [1.54, 1.807) is 6.07 Å². The van der Waals surface area contributed by atoms with Crippen molar-refractivity contribution in [3.8, 4) is 0 Å². The third-order valence-corrected chi connectivity index (χ3v) is 5.88. The van der Waals surface area contributed by atoms with Crippen LogP contribution in [0.25, 0.3) is 16.7 Å². The van der Waals surface area contributed by atoms with Crippen LogP contribution in [0.4, 0.5) is 10.1 Å². The summed E-state index contributed by atoms with van der Waals surface area (Å²) in [5, 5.41) is 7.40. The molecule has 0 saturated heterocycles. The van der Waals surface area contributed by atoms with Crippen LogP contribution in [-0.4, -0.2) is 43.7 Å². The zero-order valence-corrected chi connectivity index (χ0v) is 21.4. The van der Waals surface area contributed by atoms with E-state index in [0.29, 0.717) is 12.2 Å². The lowest BCUT2D eigenvalue weighted by atomic mass is 10.1. The number of amides is 2. The number of hydrogen-bond acceptors (Lipinski definition) is 5. The molecular weight excluding hydrogens is 479 g/mol. The lowest BCUT2D eigenvalue weighted by Crippen LogP contribution is -2.34. The molecule has 0 fully saturated rings. The van der Waals surface area contributed by atoms with Crippen molar-refractivity contribution in [2.45, 2.75) is 46.8 Å². The first-order valence-corrected chi connectivity index (χ1v) is 12.0. The predicted octanol–water partition coefficient (Wildman–Crippen LogP) is 2.41. The van der Waals surface area contributed by atoms with Crippen molar-refractivity contribution in [3.05, 3.63) is 74.7 Å². The van der Waals surface area contributed by atoms with Gasteiger partial charge in [0.1, 0.15) is 12.4 Å². The smallest absolute Gasteiger partial charge is 0.350 e. The van der Waals surface area contributed by atoms with Gasteiger partial charge in [0, 0.05) is 30.9 Å². The molecule has 37 heavy (non-hydrogen) atoms. The van der Waals surface area contributed by atoms with Crippen LogP contribution in [0.2, 0.25) is 0 Å². The van der Waals surface area contributed by atoms with E-state index in [0.717, 1.165) is 4.68 Å². The van der Waals surface area contributed by atoms with E-state index in [1.165, 1.54) is 57.3 Å². The van der Waals surface area contributed by atoms with Crippen molar-refractivity contribution in [1.82, 2.24) is 24.1 Å². The summed E-state index contributed by atoms with van der Waals surface area (Å²) < 4.78 is 16.9. The van der Waals surface area contributed by atoms with Gasteiger partial charge >= 0.3 is 5.69 Å². The minimum absolute atomic E-state index is 0.0709. The summed E-state index contributed by atoms with van der Waals surface area (Å²) in [6.45, 7) is 7.42. The van der Waals surface area contributed by atoms with Crippen LogP contribution in [0.1, 0.15) is 38.1 Å². The number of rotatable bonds is 7. The quantitative estimate of drug-likeness (QED) is 0.412. The van der Waals surface area contributed by atoms with Gasteiger partial charge in [-0.2, -0.15) is 0 Å². The molecule has 0 saturated carbocycles. The minimum atomic E-state index is -0.625. The molecule has 0 spiro atoms. The summed E-state index contributed by atoms with van der Waals surface area (Å²) in [5.41, 5.74) is -0.00725. The average molecular weight is 509 g/mol. The Kier molecular flexibility index (Phi) is 6.97. The van der Waals surface area contributed by atoms with Gasteiger partial charge in [0.25, 0.3) is 11.5 Å². The molecule has 2 aromatic heterocycles. The highest BCUT2D eigenvalue weighted by Gasteiger charge is 2.22. The van der Waals surface area contributed by atoms with Crippen LogP contribution in [-0.2, 0) is 17.9 Å². The molecule has 1 N–H and O–H groups in total. The van der Waals surface area contributed by atoms with E-state index in [-0.39, 0.29) is 45.7 Å². The second kappa shape index (κ2) is 10.00. The summed E-state index contributed by atoms with van der Waals surface area (Å²) in [6.07, 6.45) is 0. The standard InChI is InChI=1S/C26H29FN6O4/c1-15(2)13-31-24(36)20-11-6-17(23(35)28-16(3)4)12-21(20)33-25(31)29-32(26(33)37)14-22(34)30(5)19-9-7-18(27)8-10-19/h6-12,15-16H,13-14H2,1-5H3,(H,28,35). The van der Waals surface area contributed by atoms with Gasteiger partial charge in [-0.15, -0.1) is 5.10 Å². The highest BCUT2D eigenvalue weighted by Crippen LogP contribution is 2.16. The first kappa shape index (κ1) is 25.8. The molecule has 0 bridgehead atoms. The fourth-order valence-corrected chi connectivity index (χ4v) is 4.08. The fraction of sp³-hybridized carbons (Fsp3) is 0.346. The molecule has 194 valence electrons. The predicted molar refractivity (Wildman–Crippen MR) is 138 cm³/mol. The summed E-state index contributed by atoms with van der Waals surface area (Å²) >= 11 is 0. The van der Waals surface area contributed by atoms with E-state index in [1.807, 2.05) is 27.7 Å². The number of carbonyl (C=O) groups is 2. The van der Waals surface area contributed by atoms with E-state index < -0.39 is 24.0 Å². The Hall–Kier alpha value is -4.28. The van der Waals surface area contributed by atoms with E-state index >= 15 is 0 Å². The topological polar surface area (TPSA) is 111 Å². The molecule has 10 nitrogen and oxygen atoms in total. The average Bonchev–Trinajstić information content (AvgIpc) is 3.16. The largest absolute Gasteiger partial charge is 0.352 e. The van der Waals surface area contributed by atoms with Crippen molar-refractivity contribution in [2.75, 3.05) is 11.9 Å². The van der Waals surface area contributed by atoms with Crippen LogP contribution in [0.3, 0.4) is 0 Å².